The molecule has 0 aliphatic heterocycles. The number of halogens is 2. The van der Waals surface area contributed by atoms with E-state index in [2.05, 4.69) is 40.4 Å². The van der Waals surface area contributed by atoms with Gasteiger partial charge >= 0.3 is 0 Å². The van der Waals surface area contributed by atoms with Crippen LogP contribution in [0.15, 0.2) is 22.7 Å². The first kappa shape index (κ1) is 16.8. The summed E-state index contributed by atoms with van der Waals surface area (Å²) < 4.78 is 9.07. The fraction of sp³-hybridized carbons (Fsp3) is 0.562. The highest BCUT2D eigenvalue weighted by atomic mass is 79.9. The van der Waals surface area contributed by atoms with Gasteiger partial charge in [0.25, 0.3) is 0 Å². The quantitative estimate of drug-likeness (QED) is 0.651. The molecule has 1 aromatic carbocycles. The van der Waals surface area contributed by atoms with Gasteiger partial charge in [0.1, 0.15) is 5.82 Å². The number of nitrogens with zero attached hydrogens (tertiary/aromatic N) is 2. The molecule has 3 nitrogen and oxygen atoms in total. The van der Waals surface area contributed by atoms with Crippen LogP contribution in [0.3, 0.4) is 0 Å². The topological polar surface area (TPSA) is 27.1 Å². The highest BCUT2D eigenvalue weighted by molar-refractivity contribution is 9.10. The van der Waals surface area contributed by atoms with Crippen molar-refractivity contribution < 1.29 is 4.74 Å². The highest BCUT2D eigenvalue weighted by Gasteiger charge is 2.22. The second-order valence-electron chi connectivity index (χ2n) is 5.44. The summed E-state index contributed by atoms with van der Waals surface area (Å²) in [5, 5.41) is 0. The van der Waals surface area contributed by atoms with E-state index in [9.17, 15) is 0 Å². The third-order valence-corrected chi connectivity index (χ3v) is 4.32. The molecule has 1 heterocycles. The molecule has 0 fully saturated rings. The average Bonchev–Trinajstić information content (AvgIpc) is 2.77. The Morgan fingerprint density at radius 3 is 2.76 bits per heavy atom. The summed E-state index contributed by atoms with van der Waals surface area (Å²) in [5.41, 5.74) is 2.16. The van der Waals surface area contributed by atoms with Gasteiger partial charge in [-0.05, 0) is 31.0 Å². The van der Waals surface area contributed by atoms with E-state index >= 15 is 0 Å². The lowest BCUT2D eigenvalue weighted by atomic mass is 10.0. The van der Waals surface area contributed by atoms with E-state index in [0.717, 1.165) is 34.4 Å². The van der Waals surface area contributed by atoms with Crippen LogP contribution in [0.4, 0.5) is 0 Å². The number of hydrogen-bond donors (Lipinski definition) is 0. The zero-order valence-corrected chi connectivity index (χ0v) is 15.1. The SMILES string of the molecule is CCOCC(C(C)C)n1c(CCCl)nc2ccc(Br)cc21. The number of aromatic nitrogens is 2. The Hall–Kier alpha value is -0.580. The molecular formula is C16H22BrClN2O. The van der Waals surface area contributed by atoms with Gasteiger partial charge < -0.3 is 9.30 Å². The number of aryl methyl sites for hydroxylation is 1. The zero-order chi connectivity index (χ0) is 15.4. The zero-order valence-electron chi connectivity index (χ0n) is 12.8. The van der Waals surface area contributed by atoms with Crippen molar-refractivity contribution in [3.63, 3.8) is 0 Å². The van der Waals surface area contributed by atoms with Crippen LogP contribution in [0.1, 0.15) is 32.6 Å². The first-order valence-electron chi connectivity index (χ1n) is 7.38. The molecule has 5 heteroatoms. The third-order valence-electron chi connectivity index (χ3n) is 3.64. The Morgan fingerprint density at radius 1 is 1.38 bits per heavy atom. The van der Waals surface area contributed by atoms with Crippen LogP contribution in [0.2, 0.25) is 0 Å². The molecule has 0 aliphatic rings. The minimum Gasteiger partial charge on any atom is -0.380 e. The maximum atomic E-state index is 5.96. The van der Waals surface area contributed by atoms with Gasteiger partial charge in [-0.2, -0.15) is 0 Å². The number of imidazole rings is 1. The van der Waals surface area contributed by atoms with Gasteiger partial charge in [-0.3, -0.25) is 0 Å². The summed E-state index contributed by atoms with van der Waals surface area (Å²) in [6.07, 6.45) is 0.767. The lowest BCUT2D eigenvalue weighted by Crippen LogP contribution is -2.23. The Kier molecular flexibility index (Phi) is 6.08. The molecule has 0 aliphatic carbocycles. The summed E-state index contributed by atoms with van der Waals surface area (Å²) in [6, 6.07) is 6.46. The molecule has 1 aromatic heterocycles. The van der Waals surface area contributed by atoms with Crippen LogP contribution in [-0.4, -0.2) is 28.6 Å². The van der Waals surface area contributed by atoms with E-state index in [1.807, 2.05) is 19.1 Å². The van der Waals surface area contributed by atoms with Gasteiger partial charge in [0.15, 0.2) is 0 Å². The van der Waals surface area contributed by atoms with E-state index < -0.39 is 0 Å². The van der Waals surface area contributed by atoms with Gasteiger partial charge in [0.05, 0.1) is 23.7 Å². The first-order chi connectivity index (χ1) is 10.1. The fourth-order valence-corrected chi connectivity index (χ4v) is 3.07. The number of fused-ring (bicyclic) bond motifs is 1. The van der Waals surface area contributed by atoms with Gasteiger partial charge in [-0.1, -0.05) is 29.8 Å². The third kappa shape index (κ3) is 3.79. The van der Waals surface area contributed by atoms with Crippen LogP contribution < -0.4 is 0 Å². The lowest BCUT2D eigenvalue weighted by molar-refractivity contribution is 0.0969. The Balaban J connectivity index is 2.55. The van der Waals surface area contributed by atoms with Gasteiger partial charge in [-0.25, -0.2) is 4.98 Å². The van der Waals surface area contributed by atoms with Crippen molar-refractivity contribution in [1.82, 2.24) is 9.55 Å². The molecule has 0 saturated carbocycles. The Morgan fingerprint density at radius 2 is 2.14 bits per heavy atom. The van der Waals surface area contributed by atoms with E-state index in [-0.39, 0.29) is 6.04 Å². The van der Waals surface area contributed by atoms with E-state index in [1.54, 1.807) is 0 Å². The van der Waals surface area contributed by atoms with Crippen LogP contribution in [0.5, 0.6) is 0 Å². The van der Waals surface area contributed by atoms with Crippen molar-refractivity contribution in [2.24, 2.45) is 5.92 Å². The standard InChI is InChI=1S/C16H22BrClN2O/c1-4-21-10-15(11(2)3)20-14-9-12(17)5-6-13(14)19-16(20)7-8-18/h5-6,9,11,15H,4,7-8,10H2,1-3H3. The van der Waals surface area contributed by atoms with Crippen molar-refractivity contribution in [2.75, 3.05) is 19.1 Å². The smallest absolute Gasteiger partial charge is 0.111 e. The number of benzene rings is 1. The number of ether oxygens (including phenoxy) is 1. The summed E-state index contributed by atoms with van der Waals surface area (Å²) in [7, 11) is 0. The molecule has 0 saturated heterocycles. The van der Waals surface area contributed by atoms with E-state index in [1.165, 1.54) is 0 Å². The van der Waals surface area contributed by atoms with E-state index in [0.29, 0.717) is 18.4 Å². The molecule has 0 N–H and O–H groups in total. The van der Waals surface area contributed by atoms with Crippen molar-refractivity contribution in [1.29, 1.82) is 0 Å². The van der Waals surface area contributed by atoms with Crippen molar-refractivity contribution >= 4 is 38.6 Å². The number of alkyl halides is 1. The minimum absolute atomic E-state index is 0.266. The second-order valence-corrected chi connectivity index (χ2v) is 6.73. The Labute approximate surface area is 139 Å². The first-order valence-corrected chi connectivity index (χ1v) is 8.71. The second kappa shape index (κ2) is 7.61. The summed E-state index contributed by atoms with van der Waals surface area (Å²) in [4.78, 5) is 4.76. The number of rotatable bonds is 7. The predicted molar refractivity (Wildman–Crippen MR) is 92.2 cm³/mol. The van der Waals surface area contributed by atoms with Crippen LogP contribution >= 0.6 is 27.5 Å². The van der Waals surface area contributed by atoms with Crippen LogP contribution in [-0.2, 0) is 11.2 Å². The molecule has 2 rings (SSSR count). The lowest BCUT2D eigenvalue weighted by Gasteiger charge is -2.25. The maximum Gasteiger partial charge on any atom is 0.111 e. The molecular weight excluding hydrogens is 352 g/mol. The molecule has 1 unspecified atom stereocenters. The van der Waals surface area contributed by atoms with Crippen molar-refractivity contribution in [2.45, 2.75) is 33.2 Å². The van der Waals surface area contributed by atoms with Gasteiger partial charge in [0.2, 0.25) is 0 Å². The molecule has 0 radical (unpaired) electrons. The van der Waals surface area contributed by atoms with Gasteiger partial charge in [0, 0.05) is 23.4 Å². The van der Waals surface area contributed by atoms with Crippen molar-refractivity contribution in [3.8, 4) is 0 Å². The molecule has 0 spiro atoms. The normalized spacial score (nSPS) is 13.2. The predicted octanol–water partition coefficient (Wildman–Crippen LogP) is 4.81. The van der Waals surface area contributed by atoms with Gasteiger partial charge in [-0.15, -0.1) is 11.6 Å². The minimum atomic E-state index is 0.266. The molecule has 0 amide bonds. The summed E-state index contributed by atoms with van der Waals surface area (Å²) in [6.45, 7) is 7.89. The molecule has 21 heavy (non-hydrogen) atoms. The monoisotopic (exact) mass is 372 g/mol. The summed E-state index contributed by atoms with van der Waals surface area (Å²) >= 11 is 9.52. The summed E-state index contributed by atoms with van der Waals surface area (Å²) in [5.74, 6) is 2.07. The number of hydrogen-bond acceptors (Lipinski definition) is 2. The fourth-order valence-electron chi connectivity index (χ4n) is 2.55. The van der Waals surface area contributed by atoms with Crippen molar-refractivity contribution in [3.05, 3.63) is 28.5 Å². The molecule has 2 aromatic rings. The Bertz CT molecular complexity index is 597. The maximum absolute atomic E-state index is 5.96. The average molecular weight is 374 g/mol. The van der Waals surface area contributed by atoms with Crippen LogP contribution in [0, 0.1) is 5.92 Å². The molecule has 0 bridgehead atoms. The molecule has 1 atom stereocenters. The van der Waals surface area contributed by atoms with E-state index in [4.69, 9.17) is 21.3 Å². The highest BCUT2D eigenvalue weighted by Crippen LogP contribution is 2.29. The largest absolute Gasteiger partial charge is 0.380 e. The molecule has 116 valence electrons. The van der Waals surface area contributed by atoms with Crippen LogP contribution in [0.25, 0.3) is 11.0 Å².